The number of urea groups is 1. The van der Waals surface area contributed by atoms with Crippen molar-refractivity contribution in [3.63, 3.8) is 0 Å². The Labute approximate surface area is 174 Å². The van der Waals surface area contributed by atoms with E-state index in [4.69, 9.17) is 21.1 Å². The summed E-state index contributed by atoms with van der Waals surface area (Å²) in [7, 11) is 2.92. The van der Waals surface area contributed by atoms with Crippen LogP contribution >= 0.6 is 27.5 Å². The summed E-state index contributed by atoms with van der Waals surface area (Å²) >= 11 is 9.53. The summed E-state index contributed by atoms with van der Waals surface area (Å²) in [5.74, 6) is -0.792. The molecule has 1 heterocycles. The number of nitrogens with zero attached hydrogens (tertiary/aromatic N) is 1. The molecule has 1 saturated heterocycles. The average molecular weight is 466 g/mol. The van der Waals surface area contributed by atoms with Gasteiger partial charge in [-0.2, -0.15) is 0 Å². The van der Waals surface area contributed by atoms with Crippen LogP contribution in [0.2, 0.25) is 5.02 Å². The highest BCUT2D eigenvalue weighted by molar-refractivity contribution is 9.10. The van der Waals surface area contributed by atoms with E-state index in [-0.39, 0.29) is 10.6 Å². The van der Waals surface area contributed by atoms with Crippen molar-refractivity contribution in [3.8, 4) is 11.5 Å². The Morgan fingerprint density at radius 1 is 1.04 bits per heavy atom. The molecule has 0 aromatic heterocycles. The van der Waals surface area contributed by atoms with E-state index in [9.17, 15) is 14.4 Å². The maximum Gasteiger partial charge on any atom is 0.335 e. The molecular formula is C19H14BrClN2O5. The zero-order chi connectivity index (χ0) is 20.4. The number of hydrogen-bond acceptors (Lipinski definition) is 5. The topological polar surface area (TPSA) is 84.9 Å². The molecule has 1 aliphatic rings. The van der Waals surface area contributed by atoms with Gasteiger partial charge in [0.05, 0.1) is 24.9 Å². The summed E-state index contributed by atoms with van der Waals surface area (Å²) in [5, 5.41) is 2.41. The van der Waals surface area contributed by atoms with E-state index in [2.05, 4.69) is 21.2 Å². The van der Waals surface area contributed by atoms with Crippen LogP contribution in [0.3, 0.4) is 0 Å². The van der Waals surface area contributed by atoms with Crippen LogP contribution in [0.15, 0.2) is 46.4 Å². The Morgan fingerprint density at radius 2 is 1.64 bits per heavy atom. The predicted molar refractivity (Wildman–Crippen MR) is 108 cm³/mol. The van der Waals surface area contributed by atoms with Crippen LogP contribution in [0.1, 0.15) is 5.56 Å². The lowest BCUT2D eigenvalue weighted by Crippen LogP contribution is -2.54. The van der Waals surface area contributed by atoms with Crippen LogP contribution in [-0.4, -0.2) is 32.1 Å². The third-order valence-electron chi connectivity index (χ3n) is 3.99. The number of ether oxygens (including phenoxy) is 2. The lowest BCUT2D eigenvalue weighted by Gasteiger charge is -2.26. The van der Waals surface area contributed by atoms with Gasteiger partial charge in [-0.15, -0.1) is 0 Å². The summed E-state index contributed by atoms with van der Waals surface area (Å²) < 4.78 is 11.2. The van der Waals surface area contributed by atoms with Crippen molar-refractivity contribution in [1.29, 1.82) is 0 Å². The van der Waals surface area contributed by atoms with E-state index >= 15 is 0 Å². The van der Waals surface area contributed by atoms with Crippen molar-refractivity contribution in [2.45, 2.75) is 0 Å². The second-order valence-corrected chi connectivity index (χ2v) is 6.99. The minimum atomic E-state index is -0.826. The molecule has 1 aliphatic heterocycles. The summed E-state index contributed by atoms with van der Waals surface area (Å²) in [6, 6.07) is 8.75. The number of rotatable bonds is 4. The molecule has 0 atom stereocenters. The number of halogens is 2. The molecule has 0 spiro atoms. The molecule has 3 rings (SSSR count). The first kappa shape index (κ1) is 19.9. The first-order chi connectivity index (χ1) is 13.3. The zero-order valence-electron chi connectivity index (χ0n) is 14.8. The molecule has 9 heteroatoms. The van der Waals surface area contributed by atoms with Gasteiger partial charge in [0, 0.05) is 10.5 Å². The lowest BCUT2D eigenvalue weighted by molar-refractivity contribution is -0.122. The number of barbiturate groups is 1. The second kappa shape index (κ2) is 8.04. The smallest absolute Gasteiger partial charge is 0.335 e. The molecule has 2 aromatic carbocycles. The molecule has 0 bridgehead atoms. The van der Waals surface area contributed by atoms with Gasteiger partial charge in [-0.3, -0.25) is 14.9 Å². The highest BCUT2D eigenvalue weighted by Crippen LogP contribution is 2.34. The van der Waals surface area contributed by atoms with Gasteiger partial charge < -0.3 is 9.47 Å². The van der Waals surface area contributed by atoms with Crippen LogP contribution in [0.4, 0.5) is 10.5 Å². The van der Waals surface area contributed by atoms with Gasteiger partial charge in [-0.05, 0) is 42.0 Å². The molecule has 7 nitrogen and oxygen atoms in total. The molecule has 28 heavy (non-hydrogen) atoms. The Hall–Kier alpha value is -2.84. The molecule has 0 unspecified atom stereocenters. The van der Waals surface area contributed by atoms with Crippen molar-refractivity contribution >= 4 is 57.1 Å². The number of carbonyl (C=O) groups excluding carboxylic acids is 3. The largest absolute Gasteiger partial charge is 0.493 e. The van der Waals surface area contributed by atoms with E-state index in [1.54, 1.807) is 24.3 Å². The van der Waals surface area contributed by atoms with Crippen molar-refractivity contribution in [2.75, 3.05) is 19.1 Å². The number of hydrogen-bond donors (Lipinski definition) is 1. The van der Waals surface area contributed by atoms with Gasteiger partial charge in [-0.1, -0.05) is 27.5 Å². The Balaban J connectivity index is 2.05. The van der Waals surface area contributed by atoms with Crippen molar-refractivity contribution in [2.24, 2.45) is 0 Å². The molecule has 2 aromatic rings. The fourth-order valence-corrected chi connectivity index (χ4v) is 3.09. The lowest BCUT2D eigenvalue weighted by atomic mass is 10.1. The maximum atomic E-state index is 12.9. The standard InChI is InChI=1S/C19H14BrClN2O5/c1-27-15-8-10(14(21)9-16(15)28-2)7-13-17(24)22-19(26)23(18(13)25)12-5-3-11(20)4-6-12/h3-9H,1-2H3,(H,22,24,26)/b13-7+. The monoisotopic (exact) mass is 464 g/mol. The maximum absolute atomic E-state index is 12.9. The summed E-state index contributed by atoms with van der Waals surface area (Å²) in [6.45, 7) is 0. The van der Waals surface area contributed by atoms with Gasteiger partial charge in [0.2, 0.25) is 0 Å². The molecule has 4 amide bonds. The number of methoxy groups -OCH3 is 2. The number of nitrogens with one attached hydrogen (secondary N) is 1. The third-order valence-corrected chi connectivity index (χ3v) is 4.85. The number of amides is 4. The third kappa shape index (κ3) is 3.74. The number of carbonyl (C=O) groups is 3. The molecule has 144 valence electrons. The number of benzene rings is 2. The van der Waals surface area contributed by atoms with E-state index < -0.39 is 17.8 Å². The highest BCUT2D eigenvalue weighted by Gasteiger charge is 2.37. The first-order valence-corrected chi connectivity index (χ1v) is 9.11. The predicted octanol–water partition coefficient (Wildman–Crippen LogP) is 3.79. The fraction of sp³-hybridized carbons (Fsp3) is 0.105. The van der Waals surface area contributed by atoms with Crippen LogP contribution in [0.25, 0.3) is 6.08 Å². The van der Waals surface area contributed by atoms with Crippen molar-refractivity contribution in [3.05, 3.63) is 57.0 Å². The molecule has 1 fully saturated rings. The summed E-state index contributed by atoms with van der Waals surface area (Å²) in [6.07, 6.45) is 1.31. The van der Waals surface area contributed by atoms with Gasteiger partial charge >= 0.3 is 6.03 Å². The Kier molecular flexibility index (Phi) is 5.71. The first-order valence-electron chi connectivity index (χ1n) is 7.94. The molecule has 1 N–H and O–H groups in total. The highest BCUT2D eigenvalue weighted by atomic mass is 79.9. The van der Waals surface area contributed by atoms with E-state index in [1.165, 1.54) is 32.4 Å². The zero-order valence-corrected chi connectivity index (χ0v) is 17.1. The van der Waals surface area contributed by atoms with E-state index in [0.29, 0.717) is 22.7 Å². The normalized spacial score (nSPS) is 15.6. The molecule has 0 saturated carbocycles. The Bertz CT molecular complexity index is 1000. The van der Waals surface area contributed by atoms with Crippen molar-refractivity contribution in [1.82, 2.24) is 5.32 Å². The molecule has 0 aliphatic carbocycles. The van der Waals surface area contributed by atoms with E-state index in [0.717, 1.165) is 9.37 Å². The minimum absolute atomic E-state index is 0.239. The van der Waals surface area contributed by atoms with Gasteiger partial charge in [0.1, 0.15) is 5.57 Å². The minimum Gasteiger partial charge on any atom is -0.493 e. The van der Waals surface area contributed by atoms with Gasteiger partial charge in [-0.25, -0.2) is 9.69 Å². The van der Waals surface area contributed by atoms with Crippen LogP contribution in [0, 0.1) is 0 Å². The summed E-state index contributed by atoms with van der Waals surface area (Å²) in [5.41, 5.74) is 0.446. The fourth-order valence-electron chi connectivity index (χ4n) is 2.62. The van der Waals surface area contributed by atoms with E-state index in [1.807, 2.05) is 0 Å². The Morgan fingerprint density at radius 3 is 2.25 bits per heavy atom. The molecule has 0 radical (unpaired) electrons. The van der Waals surface area contributed by atoms with Gasteiger partial charge in [0.15, 0.2) is 11.5 Å². The number of imide groups is 2. The molecular weight excluding hydrogens is 452 g/mol. The van der Waals surface area contributed by atoms with Crippen LogP contribution < -0.4 is 19.7 Å². The quantitative estimate of drug-likeness (QED) is 0.549. The van der Waals surface area contributed by atoms with Gasteiger partial charge in [0.25, 0.3) is 11.8 Å². The SMILES string of the molecule is COc1cc(Cl)c(/C=C2\C(=O)NC(=O)N(c3ccc(Br)cc3)C2=O)cc1OC. The number of anilines is 1. The van der Waals surface area contributed by atoms with Crippen molar-refractivity contribution < 1.29 is 23.9 Å². The van der Waals surface area contributed by atoms with Crippen LogP contribution in [-0.2, 0) is 9.59 Å². The average Bonchev–Trinajstić information content (AvgIpc) is 2.67. The van der Waals surface area contributed by atoms with Crippen LogP contribution in [0.5, 0.6) is 11.5 Å². The summed E-state index contributed by atoms with van der Waals surface area (Å²) in [4.78, 5) is 38.3. The second-order valence-electron chi connectivity index (χ2n) is 5.66.